The number of rotatable bonds is 13. The fourth-order valence-electron chi connectivity index (χ4n) is 8.52. The Labute approximate surface area is 337 Å². The van der Waals surface area contributed by atoms with Crippen LogP contribution >= 0.6 is 0 Å². The van der Waals surface area contributed by atoms with Crippen LogP contribution in [0.5, 0.6) is 0 Å². The molecule has 13 nitrogen and oxygen atoms in total. The molecule has 1 unspecified atom stereocenters. The highest BCUT2D eigenvalue weighted by Crippen LogP contribution is 2.43. The van der Waals surface area contributed by atoms with Crippen molar-refractivity contribution in [1.29, 1.82) is 0 Å². The van der Waals surface area contributed by atoms with Gasteiger partial charge < -0.3 is 25.8 Å². The third kappa shape index (κ3) is 7.68. The van der Waals surface area contributed by atoms with Crippen molar-refractivity contribution in [1.82, 2.24) is 25.5 Å². The lowest BCUT2D eigenvalue weighted by atomic mass is 10.0. The normalized spacial score (nSPS) is 17.8. The number of para-hydroxylation sites is 1. The third-order valence-electron chi connectivity index (χ3n) is 11.7. The number of unbranched alkanes of at least 4 members (excludes halogenated alkanes) is 4. The predicted molar refractivity (Wildman–Crippen MR) is 222 cm³/mol. The molecule has 8 rings (SSSR count). The molecular formula is C45H48N8O5. The van der Waals surface area contributed by atoms with Gasteiger partial charge in [-0.15, -0.1) is 0 Å². The van der Waals surface area contributed by atoms with E-state index in [4.69, 9.17) is 4.98 Å². The molecule has 4 aromatic rings. The number of imide groups is 1. The molecule has 298 valence electrons. The van der Waals surface area contributed by atoms with Crippen LogP contribution < -0.4 is 25.8 Å². The topological polar surface area (TPSA) is 157 Å². The number of piperidine rings is 1. The van der Waals surface area contributed by atoms with E-state index in [0.717, 1.165) is 86.0 Å². The van der Waals surface area contributed by atoms with Gasteiger partial charge in [-0.1, -0.05) is 56.9 Å². The van der Waals surface area contributed by atoms with Crippen molar-refractivity contribution in [2.24, 2.45) is 0 Å². The Balaban J connectivity index is 0.786. The summed E-state index contributed by atoms with van der Waals surface area (Å²) < 4.78 is 0. The second-order valence-electron chi connectivity index (χ2n) is 15.6. The first-order chi connectivity index (χ1) is 28.2. The first kappa shape index (κ1) is 38.5. The number of hydrogen-bond donors (Lipinski definition) is 3. The fourth-order valence-corrected chi connectivity index (χ4v) is 8.52. The van der Waals surface area contributed by atoms with Crippen LogP contribution in [0.1, 0.15) is 118 Å². The summed E-state index contributed by atoms with van der Waals surface area (Å²) in [5, 5.41) is 8.98. The molecule has 13 heteroatoms. The molecule has 0 radical (unpaired) electrons. The number of aryl methyl sites for hydroxylation is 1. The highest BCUT2D eigenvalue weighted by Gasteiger charge is 2.44. The molecule has 0 bridgehead atoms. The molecule has 5 amide bonds. The molecular weight excluding hydrogens is 733 g/mol. The SMILES string of the molecule is C=C1CCC(N2C(=O)c3ccc(CCCCCCCNC(=O)c4ccc(Nc5ncc6c(n5)N(C5CCCC5)c5ccccc5C(=O)N6C)cc4)cc3C2=O)C(=O)N1. The molecule has 2 fully saturated rings. The lowest BCUT2D eigenvalue weighted by Crippen LogP contribution is -2.51. The molecule has 58 heavy (non-hydrogen) atoms. The van der Waals surface area contributed by atoms with Crippen LogP contribution in [0.4, 0.5) is 28.8 Å². The zero-order valence-electron chi connectivity index (χ0n) is 32.8. The van der Waals surface area contributed by atoms with Gasteiger partial charge in [0.2, 0.25) is 11.9 Å². The van der Waals surface area contributed by atoms with E-state index in [1.165, 1.54) is 0 Å². The number of carbonyl (C=O) groups is 5. The summed E-state index contributed by atoms with van der Waals surface area (Å²) in [4.78, 5) is 79.5. The van der Waals surface area contributed by atoms with E-state index < -0.39 is 17.9 Å². The summed E-state index contributed by atoms with van der Waals surface area (Å²) in [6, 6.07) is 19.8. The fraction of sp³-hybridized carbons (Fsp3) is 0.356. The Morgan fingerprint density at radius 3 is 2.34 bits per heavy atom. The number of amides is 5. The number of fused-ring (bicyclic) bond motifs is 3. The number of aromatic nitrogens is 2. The summed E-state index contributed by atoms with van der Waals surface area (Å²) in [5.41, 5.74) is 5.78. The van der Waals surface area contributed by atoms with Crippen LogP contribution in [-0.2, 0) is 11.2 Å². The molecule has 1 saturated carbocycles. The summed E-state index contributed by atoms with van der Waals surface area (Å²) in [5.74, 6) is -0.316. The standard InChI is InChI=1S/C45H48N8O5/c1-28-17-24-37(41(55)48-28)53-43(57)33-23-18-29(26-35(33)44(53)58)12-6-4-3-5-11-25-46-40(54)30-19-21-31(22-20-30)49-45-47-27-38-39(50-45)52(32-13-7-8-14-32)36-16-10-9-15-34(36)42(56)51(38)2/h9-10,15-16,18-23,26-27,32,37H,1,3-8,11-14,17,24-25H2,2H3,(H,46,54)(H,48,55)(H,47,49,50). The van der Waals surface area contributed by atoms with Crippen molar-refractivity contribution in [3.63, 3.8) is 0 Å². The largest absolute Gasteiger partial charge is 0.352 e. The van der Waals surface area contributed by atoms with E-state index >= 15 is 0 Å². The van der Waals surface area contributed by atoms with Crippen molar-refractivity contribution in [2.45, 2.75) is 89.1 Å². The molecule has 1 aromatic heterocycles. The highest BCUT2D eigenvalue weighted by atomic mass is 16.2. The first-order valence-corrected chi connectivity index (χ1v) is 20.4. The van der Waals surface area contributed by atoms with Crippen LogP contribution in [0.15, 0.2) is 85.2 Å². The maximum Gasteiger partial charge on any atom is 0.262 e. The number of nitrogens with one attached hydrogen (secondary N) is 3. The molecule has 1 aliphatic carbocycles. The van der Waals surface area contributed by atoms with Crippen molar-refractivity contribution >= 4 is 58.4 Å². The minimum atomic E-state index is -0.813. The molecule has 1 saturated heterocycles. The number of nitrogens with zero attached hydrogens (tertiary/aromatic N) is 5. The van der Waals surface area contributed by atoms with E-state index in [-0.39, 0.29) is 23.8 Å². The van der Waals surface area contributed by atoms with E-state index in [2.05, 4.69) is 32.4 Å². The van der Waals surface area contributed by atoms with Crippen LogP contribution in [0.3, 0.4) is 0 Å². The molecule has 1 atom stereocenters. The summed E-state index contributed by atoms with van der Waals surface area (Å²) in [6.07, 6.45) is 12.5. The van der Waals surface area contributed by atoms with Crippen LogP contribution in [0.2, 0.25) is 0 Å². The first-order valence-electron chi connectivity index (χ1n) is 20.4. The summed E-state index contributed by atoms with van der Waals surface area (Å²) >= 11 is 0. The van der Waals surface area contributed by atoms with Gasteiger partial charge in [0.15, 0.2) is 5.82 Å². The van der Waals surface area contributed by atoms with Crippen molar-refractivity contribution in [2.75, 3.05) is 28.7 Å². The second-order valence-corrected chi connectivity index (χ2v) is 15.6. The average Bonchev–Trinajstić information content (AvgIpc) is 3.83. The molecule has 4 aliphatic rings. The molecule has 3 aromatic carbocycles. The van der Waals surface area contributed by atoms with Crippen molar-refractivity contribution in [3.8, 4) is 0 Å². The van der Waals surface area contributed by atoms with Crippen LogP contribution in [-0.4, -0.2) is 70.1 Å². The van der Waals surface area contributed by atoms with Gasteiger partial charge in [0.25, 0.3) is 23.6 Å². The quantitative estimate of drug-likeness (QED) is 0.0943. The van der Waals surface area contributed by atoms with Gasteiger partial charge in [-0.3, -0.25) is 28.9 Å². The maximum atomic E-state index is 13.5. The zero-order valence-corrected chi connectivity index (χ0v) is 32.8. The maximum absolute atomic E-state index is 13.5. The van der Waals surface area contributed by atoms with Crippen molar-refractivity contribution < 1.29 is 24.0 Å². The Morgan fingerprint density at radius 2 is 1.55 bits per heavy atom. The average molecular weight is 781 g/mol. The van der Waals surface area contributed by atoms with Gasteiger partial charge >= 0.3 is 0 Å². The van der Waals surface area contributed by atoms with Crippen LogP contribution in [0.25, 0.3) is 0 Å². The second kappa shape index (κ2) is 16.6. The van der Waals surface area contributed by atoms with Crippen molar-refractivity contribution in [3.05, 3.63) is 113 Å². The lowest BCUT2D eigenvalue weighted by Gasteiger charge is -2.31. The van der Waals surface area contributed by atoms with Crippen LogP contribution in [0, 0.1) is 0 Å². The number of anilines is 5. The number of carbonyl (C=O) groups excluding carboxylic acids is 5. The monoisotopic (exact) mass is 780 g/mol. The molecule has 3 N–H and O–H groups in total. The minimum Gasteiger partial charge on any atom is -0.352 e. The van der Waals surface area contributed by atoms with E-state index in [0.29, 0.717) is 64.8 Å². The Kier molecular flexibility index (Phi) is 11.0. The van der Waals surface area contributed by atoms with Gasteiger partial charge in [-0.2, -0.15) is 4.98 Å². The smallest absolute Gasteiger partial charge is 0.262 e. The van der Waals surface area contributed by atoms with Gasteiger partial charge in [-0.05, 0) is 99.0 Å². The summed E-state index contributed by atoms with van der Waals surface area (Å²) in [6.45, 7) is 4.35. The third-order valence-corrected chi connectivity index (χ3v) is 11.7. The molecule has 3 aliphatic heterocycles. The summed E-state index contributed by atoms with van der Waals surface area (Å²) in [7, 11) is 1.76. The van der Waals surface area contributed by atoms with E-state index in [1.807, 2.05) is 42.5 Å². The van der Waals surface area contributed by atoms with Gasteiger partial charge in [-0.25, -0.2) is 4.98 Å². The molecule has 0 spiro atoms. The van der Waals surface area contributed by atoms with Gasteiger partial charge in [0.05, 0.1) is 28.6 Å². The predicted octanol–water partition coefficient (Wildman–Crippen LogP) is 7.20. The Hall–Kier alpha value is -6.37. The van der Waals surface area contributed by atoms with Gasteiger partial charge in [0, 0.05) is 36.6 Å². The Bertz CT molecular complexity index is 2280. The van der Waals surface area contributed by atoms with Gasteiger partial charge in [0.1, 0.15) is 11.7 Å². The number of hydrogen-bond acceptors (Lipinski definition) is 9. The highest BCUT2D eigenvalue weighted by molar-refractivity contribution is 6.23. The zero-order chi connectivity index (χ0) is 40.3. The minimum absolute atomic E-state index is 0.0896. The molecule has 4 heterocycles. The number of allylic oxidation sites excluding steroid dienone is 1. The van der Waals surface area contributed by atoms with E-state index in [1.54, 1.807) is 42.4 Å². The van der Waals surface area contributed by atoms with E-state index in [9.17, 15) is 24.0 Å². The lowest BCUT2D eigenvalue weighted by molar-refractivity contribution is -0.125. The Morgan fingerprint density at radius 1 is 0.810 bits per heavy atom. The number of benzene rings is 3.